The van der Waals surface area contributed by atoms with Crippen LogP contribution in [0.2, 0.25) is 0 Å². The van der Waals surface area contributed by atoms with E-state index in [1.165, 1.54) is 32.2 Å². The summed E-state index contributed by atoms with van der Waals surface area (Å²) in [5, 5.41) is 0. The maximum absolute atomic E-state index is 13.0. The number of ketones is 1. The van der Waals surface area contributed by atoms with E-state index in [1.807, 2.05) is 24.3 Å². The van der Waals surface area contributed by atoms with Gasteiger partial charge in [-0.1, -0.05) is 36.4 Å². The van der Waals surface area contributed by atoms with Crippen molar-refractivity contribution in [1.29, 1.82) is 0 Å². The lowest BCUT2D eigenvalue weighted by Crippen LogP contribution is -2.05. The zero-order valence-electron chi connectivity index (χ0n) is 17.8. The molecule has 0 N–H and O–H groups in total. The summed E-state index contributed by atoms with van der Waals surface area (Å²) in [6.07, 6.45) is 3.34. The summed E-state index contributed by atoms with van der Waals surface area (Å²) < 4.78 is 29.1. The van der Waals surface area contributed by atoms with Gasteiger partial charge in [-0.3, -0.25) is 9.59 Å². The first-order valence-corrected chi connectivity index (χ1v) is 9.97. The predicted octanol–water partition coefficient (Wildman–Crippen LogP) is 5.16. The van der Waals surface area contributed by atoms with E-state index in [4.69, 9.17) is 14.2 Å². The predicted molar refractivity (Wildman–Crippen MR) is 119 cm³/mol. The molecule has 0 atom stereocenters. The topological polar surface area (TPSA) is 61.8 Å². The average Bonchev–Trinajstić information content (AvgIpc) is 2.78. The Kier molecular flexibility index (Phi) is 7.75. The first-order chi connectivity index (χ1) is 15.4. The second-order valence-electron chi connectivity index (χ2n) is 6.99. The number of carbonyl (C=O) groups excluding carboxylic acids is 2. The summed E-state index contributed by atoms with van der Waals surface area (Å²) in [6.45, 7) is 1.58. The molecule has 0 bridgehead atoms. The van der Waals surface area contributed by atoms with E-state index < -0.39 is 5.97 Å². The van der Waals surface area contributed by atoms with Crippen LogP contribution in [0.15, 0.2) is 72.8 Å². The molecule has 0 spiro atoms. The van der Waals surface area contributed by atoms with E-state index in [-0.39, 0.29) is 30.4 Å². The molecule has 0 unspecified atom stereocenters. The van der Waals surface area contributed by atoms with Gasteiger partial charge in [0.25, 0.3) is 0 Å². The van der Waals surface area contributed by atoms with E-state index in [1.54, 1.807) is 36.4 Å². The number of benzene rings is 3. The van der Waals surface area contributed by atoms with Crippen molar-refractivity contribution in [2.45, 2.75) is 20.0 Å². The summed E-state index contributed by atoms with van der Waals surface area (Å²) in [5.41, 5.74) is 2.42. The Hall–Kier alpha value is -3.93. The zero-order chi connectivity index (χ0) is 22.9. The molecule has 0 saturated carbocycles. The number of hydrogen-bond donors (Lipinski definition) is 0. The number of allylic oxidation sites excluding steroid dienone is 1. The van der Waals surface area contributed by atoms with Gasteiger partial charge in [0.2, 0.25) is 0 Å². The van der Waals surface area contributed by atoms with Crippen LogP contribution < -0.4 is 14.2 Å². The Morgan fingerprint density at radius 1 is 0.938 bits per heavy atom. The van der Waals surface area contributed by atoms with Gasteiger partial charge in [-0.25, -0.2) is 4.39 Å². The van der Waals surface area contributed by atoms with Gasteiger partial charge in [-0.05, 0) is 59.2 Å². The van der Waals surface area contributed by atoms with Crippen molar-refractivity contribution < 1.29 is 28.2 Å². The van der Waals surface area contributed by atoms with Gasteiger partial charge in [-0.2, -0.15) is 0 Å². The smallest absolute Gasteiger partial charge is 0.308 e. The zero-order valence-corrected chi connectivity index (χ0v) is 17.8. The van der Waals surface area contributed by atoms with Crippen molar-refractivity contribution in [1.82, 2.24) is 0 Å². The molecule has 0 fully saturated rings. The Morgan fingerprint density at radius 2 is 1.66 bits per heavy atom. The van der Waals surface area contributed by atoms with Crippen LogP contribution in [0.3, 0.4) is 0 Å². The van der Waals surface area contributed by atoms with Gasteiger partial charge in [-0.15, -0.1) is 0 Å². The molecule has 0 radical (unpaired) electrons. The van der Waals surface area contributed by atoms with Crippen molar-refractivity contribution in [2.24, 2.45) is 0 Å². The molecule has 0 aliphatic heterocycles. The van der Waals surface area contributed by atoms with Crippen LogP contribution >= 0.6 is 0 Å². The molecule has 3 rings (SSSR count). The third kappa shape index (κ3) is 6.54. The molecule has 0 amide bonds. The van der Waals surface area contributed by atoms with Gasteiger partial charge in [0, 0.05) is 13.3 Å². The molecule has 6 heteroatoms. The number of esters is 1. The molecular weight excluding hydrogens is 411 g/mol. The van der Waals surface area contributed by atoms with E-state index in [0.29, 0.717) is 17.1 Å². The van der Waals surface area contributed by atoms with E-state index in [9.17, 15) is 14.0 Å². The van der Waals surface area contributed by atoms with E-state index in [0.717, 1.165) is 11.1 Å². The van der Waals surface area contributed by atoms with E-state index >= 15 is 0 Å². The minimum Gasteiger partial charge on any atom is -0.493 e. The van der Waals surface area contributed by atoms with Crippen molar-refractivity contribution in [3.63, 3.8) is 0 Å². The largest absolute Gasteiger partial charge is 0.493 e. The van der Waals surface area contributed by atoms with Crippen LogP contribution in [0.5, 0.6) is 17.2 Å². The fourth-order valence-corrected chi connectivity index (χ4v) is 3.03. The highest BCUT2D eigenvalue weighted by Crippen LogP contribution is 2.28. The monoisotopic (exact) mass is 434 g/mol. The van der Waals surface area contributed by atoms with Crippen molar-refractivity contribution in [3.8, 4) is 17.2 Å². The third-order valence-corrected chi connectivity index (χ3v) is 4.59. The highest BCUT2D eigenvalue weighted by Gasteiger charge is 2.09. The van der Waals surface area contributed by atoms with Gasteiger partial charge >= 0.3 is 5.97 Å². The molecule has 164 valence electrons. The number of rotatable bonds is 9. The number of hydrogen-bond acceptors (Lipinski definition) is 5. The molecule has 3 aromatic rings. The fraction of sp³-hybridized carbons (Fsp3) is 0.154. The lowest BCUT2D eigenvalue weighted by molar-refractivity contribution is -0.132. The quantitative estimate of drug-likeness (QED) is 0.264. The second-order valence-corrected chi connectivity index (χ2v) is 6.99. The van der Waals surface area contributed by atoms with Crippen molar-refractivity contribution in [3.05, 3.63) is 95.3 Å². The number of ether oxygens (including phenoxy) is 3. The molecule has 0 aromatic heterocycles. The van der Waals surface area contributed by atoms with Gasteiger partial charge in [0.15, 0.2) is 17.3 Å². The van der Waals surface area contributed by atoms with E-state index in [2.05, 4.69) is 0 Å². The number of halogens is 1. The Bertz CT molecular complexity index is 1120. The fourth-order valence-electron chi connectivity index (χ4n) is 3.03. The third-order valence-electron chi connectivity index (χ3n) is 4.59. The first kappa shape index (κ1) is 22.7. The Balaban J connectivity index is 1.66. The number of methoxy groups -OCH3 is 1. The van der Waals surface area contributed by atoms with Crippen LogP contribution in [-0.2, 0) is 22.6 Å². The number of carbonyl (C=O) groups is 2. The molecule has 0 aliphatic carbocycles. The molecule has 3 aromatic carbocycles. The highest BCUT2D eigenvalue weighted by atomic mass is 19.1. The summed E-state index contributed by atoms with van der Waals surface area (Å²) in [6, 6.07) is 18.4. The second kappa shape index (κ2) is 10.9. The van der Waals surface area contributed by atoms with Gasteiger partial charge in [0.05, 0.1) is 7.11 Å². The SMILES string of the molecule is COc1ccc(/C=C/C(=O)Cc2ccccc2COc2ccc(F)cc2)cc1OC(C)=O. The molecule has 0 aliphatic rings. The molecular formula is C26H23FO5. The van der Waals surface area contributed by atoms with Gasteiger partial charge < -0.3 is 14.2 Å². The lowest BCUT2D eigenvalue weighted by atomic mass is 10.0. The maximum Gasteiger partial charge on any atom is 0.308 e. The van der Waals surface area contributed by atoms with Crippen molar-refractivity contribution >= 4 is 17.8 Å². The molecule has 5 nitrogen and oxygen atoms in total. The Labute approximate surface area is 186 Å². The van der Waals surface area contributed by atoms with Crippen LogP contribution in [-0.4, -0.2) is 18.9 Å². The summed E-state index contributed by atoms with van der Waals surface area (Å²) in [7, 11) is 1.48. The molecule has 0 heterocycles. The minimum absolute atomic E-state index is 0.0934. The maximum atomic E-state index is 13.0. The standard InChI is InChI=1S/C26H23FO5/c1-18(28)32-26-15-19(8-14-25(26)30-2)7-11-23(29)16-20-5-3-4-6-21(20)17-31-24-12-9-22(27)10-13-24/h3-15H,16-17H2,1-2H3/b11-7+. The molecule has 0 saturated heterocycles. The summed E-state index contributed by atoms with van der Waals surface area (Å²) in [4.78, 5) is 23.8. The average molecular weight is 434 g/mol. The van der Waals surface area contributed by atoms with Gasteiger partial charge in [0.1, 0.15) is 18.2 Å². The van der Waals surface area contributed by atoms with Crippen LogP contribution in [0.1, 0.15) is 23.6 Å². The van der Waals surface area contributed by atoms with Crippen LogP contribution in [0.25, 0.3) is 6.08 Å². The summed E-state index contributed by atoms with van der Waals surface area (Å²) >= 11 is 0. The van der Waals surface area contributed by atoms with Crippen LogP contribution in [0.4, 0.5) is 4.39 Å². The Morgan fingerprint density at radius 3 is 2.34 bits per heavy atom. The van der Waals surface area contributed by atoms with Crippen molar-refractivity contribution in [2.75, 3.05) is 7.11 Å². The normalized spacial score (nSPS) is 10.7. The highest BCUT2D eigenvalue weighted by molar-refractivity contribution is 5.95. The lowest BCUT2D eigenvalue weighted by Gasteiger charge is -2.10. The summed E-state index contributed by atoms with van der Waals surface area (Å²) in [5.74, 6) is 0.392. The van der Waals surface area contributed by atoms with Crippen LogP contribution in [0, 0.1) is 5.82 Å². The first-order valence-electron chi connectivity index (χ1n) is 9.97. The molecule has 32 heavy (non-hydrogen) atoms. The minimum atomic E-state index is -0.458.